The third kappa shape index (κ3) is 4.93. The first kappa shape index (κ1) is 14.9. The van der Waals surface area contributed by atoms with Crippen molar-refractivity contribution >= 4 is 11.9 Å². The molecule has 0 aliphatic rings. The summed E-state index contributed by atoms with van der Waals surface area (Å²) in [6.07, 6.45) is 0.358. The van der Waals surface area contributed by atoms with Gasteiger partial charge in [-0.3, -0.25) is 4.79 Å². The normalized spacial score (nSPS) is 11.5. The lowest BCUT2D eigenvalue weighted by atomic mass is 10.1. The van der Waals surface area contributed by atoms with Crippen LogP contribution in [0, 0.1) is 0 Å². The third-order valence-electron chi connectivity index (χ3n) is 2.41. The monoisotopic (exact) mass is 263 g/mol. The number of hydroxylamine groups is 1. The molecule has 0 fully saturated rings. The Hall–Kier alpha value is -2.14. The number of carbonyl (C=O) groups excluding carboxylic acids is 2. The number of carbonyl (C=O) groups is 2. The Morgan fingerprint density at radius 1 is 1.32 bits per heavy atom. The standard InChI is InChI=1S/C14H17NO4/c1-10(2)13(16)19-15-12(14(17)18-3)9-11-7-5-4-6-8-11/h4-8,12,15H,1,9H2,2-3H3/t12-/m0/s1. The smallest absolute Gasteiger partial charge is 0.351 e. The Kier molecular flexibility index (Phi) is 5.75. The van der Waals surface area contributed by atoms with Crippen molar-refractivity contribution in [3.05, 3.63) is 48.0 Å². The lowest BCUT2D eigenvalue weighted by molar-refractivity contribution is -0.156. The summed E-state index contributed by atoms with van der Waals surface area (Å²) in [4.78, 5) is 27.6. The van der Waals surface area contributed by atoms with Gasteiger partial charge in [0.25, 0.3) is 0 Å². The Balaban J connectivity index is 2.65. The van der Waals surface area contributed by atoms with Gasteiger partial charge in [-0.1, -0.05) is 36.9 Å². The summed E-state index contributed by atoms with van der Waals surface area (Å²) >= 11 is 0. The first-order valence-corrected chi connectivity index (χ1v) is 5.78. The highest BCUT2D eigenvalue weighted by atomic mass is 16.7. The summed E-state index contributed by atoms with van der Waals surface area (Å²) in [6.45, 7) is 4.97. The van der Waals surface area contributed by atoms with Crippen molar-refractivity contribution in [2.24, 2.45) is 0 Å². The van der Waals surface area contributed by atoms with Crippen LogP contribution in [0.25, 0.3) is 0 Å². The summed E-state index contributed by atoms with van der Waals surface area (Å²) in [5.41, 5.74) is 3.59. The SMILES string of the molecule is C=C(C)C(=O)ON[C@@H](Cc1ccccc1)C(=O)OC. The van der Waals surface area contributed by atoms with Gasteiger partial charge >= 0.3 is 11.9 Å². The van der Waals surface area contributed by atoms with Crippen molar-refractivity contribution in [2.75, 3.05) is 7.11 Å². The van der Waals surface area contributed by atoms with Crippen LogP contribution >= 0.6 is 0 Å². The average molecular weight is 263 g/mol. The Morgan fingerprint density at radius 2 is 1.95 bits per heavy atom. The molecule has 0 aromatic heterocycles. The zero-order valence-corrected chi connectivity index (χ0v) is 11.0. The average Bonchev–Trinajstić information content (AvgIpc) is 2.43. The molecule has 0 amide bonds. The molecule has 0 aliphatic heterocycles. The number of benzene rings is 1. The fourth-order valence-corrected chi connectivity index (χ4v) is 1.38. The highest BCUT2D eigenvalue weighted by Crippen LogP contribution is 2.05. The maximum absolute atomic E-state index is 11.6. The molecule has 1 N–H and O–H groups in total. The van der Waals surface area contributed by atoms with E-state index in [9.17, 15) is 9.59 Å². The molecule has 0 unspecified atom stereocenters. The quantitative estimate of drug-likeness (QED) is 0.477. The van der Waals surface area contributed by atoms with Gasteiger partial charge in [0.15, 0.2) is 0 Å². The third-order valence-corrected chi connectivity index (χ3v) is 2.41. The summed E-state index contributed by atoms with van der Waals surface area (Å²) in [7, 11) is 1.28. The minimum atomic E-state index is -0.754. The van der Waals surface area contributed by atoms with Crippen LogP contribution in [-0.2, 0) is 25.6 Å². The van der Waals surface area contributed by atoms with E-state index in [4.69, 9.17) is 4.84 Å². The lowest BCUT2D eigenvalue weighted by Crippen LogP contribution is -2.40. The molecule has 0 heterocycles. The van der Waals surface area contributed by atoms with Crippen molar-refractivity contribution in [1.82, 2.24) is 5.48 Å². The van der Waals surface area contributed by atoms with Crippen molar-refractivity contribution in [3.8, 4) is 0 Å². The van der Waals surface area contributed by atoms with Gasteiger partial charge in [-0.25, -0.2) is 4.79 Å². The van der Waals surface area contributed by atoms with E-state index in [1.54, 1.807) is 0 Å². The van der Waals surface area contributed by atoms with E-state index in [-0.39, 0.29) is 5.57 Å². The molecular weight excluding hydrogens is 246 g/mol. The Labute approximate surface area is 112 Å². The van der Waals surface area contributed by atoms with Crippen LogP contribution in [0.1, 0.15) is 12.5 Å². The van der Waals surface area contributed by atoms with E-state index in [1.807, 2.05) is 30.3 Å². The second-order valence-corrected chi connectivity index (χ2v) is 4.05. The van der Waals surface area contributed by atoms with Gasteiger partial charge < -0.3 is 9.57 Å². The topological polar surface area (TPSA) is 64.6 Å². The number of nitrogens with one attached hydrogen (secondary N) is 1. The second-order valence-electron chi connectivity index (χ2n) is 4.05. The highest BCUT2D eigenvalue weighted by molar-refractivity contribution is 5.87. The molecule has 0 spiro atoms. The number of hydrogen-bond acceptors (Lipinski definition) is 5. The van der Waals surface area contributed by atoms with Crippen molar-refractivity contribution in [3.63, 3.8) is 0 Å². The van der Waals surface area contributed by atoms with Crippen molar-refractivity contribution in [2.45, 2.75) is 19.4 Å². The van der Waals surface area contributed by atoms with Crippen LogP contribution < -0.4 is 5.48 Å². The van der Waals surface area contributed by atoms with Crippen molar-refractivity contribution in [1.29, 1.82) is 0 Å². The predicted molar refractivity (Wildman–Crippen MR) is 70.0 cm³/mol. The van der Waals surface area contributed by atoms with E-state index in [2.05, 4.69) is 16.8 Å². The van der Waals surface area contributed by atoms with Crippen LogP contribution in [-0.4, -0.2) is 25.1 Å². The fourth-order valence-electron chi connectivity index (χ4n) is 1.38. The maximum atomic E-state index is 11.6. The molecule has 102 valence electrons. The number of ether oxygens (including phenoxy) is 1. The first-order valence-electron chi connectivity index (χ1n) is 5.78. The number of methoxy groups -OCH3 is 1. The molecule has 1 aromatic carbocycles. The van der Waals surface area contributed by atoms with Crippen molar-refractivity contribution < 1.29 is 19.2 Å². The van der Waals surface area contributed by atoms with Gasteiger partial charge in [-0.05, 0) is 12.5 Å². The van der Waals surface area contributed by atoms with E-state index >= 15 is 0 Å². The van der Waals surface area contributed by atoms with Crippen LogP contribution in [0.15, 0.2) is 42.5 Å². The summed E-state index contributed by atoms with van der Waals surface area (Å²) < 4.78 is 4.66. The van der Waals surface area contributed by atoms with Crippen LogP contribution in [0.2, 0.25) is 0 Å². The molecule has 0 saturated carbocycles. The molecule has 0 saturated heterocycles. The van der Waals surface area contributed by atoms with Gasteiger partial charge in [0.05, 0.1) is 7.11 Å². The highest BCUT2D eigenvalue weighted by Gasteiger charge is 2.21. The van der Waals surface area contributed by atoms with Crippen LogP contribution in [0.5, 0.6) is 0 Å². The molecule has 0 radical (unpaired) electrons. The van der Waals surface area contributed by atoms with Gasteiger partial charge in [-0.15, -0.1) is 5.48 Å². The zero-order chi connectivity index (χ0) is 14.3. The van der Waals surface area contributed by atoms with E-state index < -0.39 is 18.0 Å². The van der Waals surface area contributed by atoms with Gasteiger partial charge in [0.2, 0.25) is 0 Å². The second kappa shape index (κ2) is 7.33. The minimum Gasteiger partial charge on any atom is -0.468 e. The fraction of sp³-hybridized carbons (Fsp3) is 0.286. The summed E-state index contributed by atoms with van der Waals surface area (Å²) in [5, 5.41) is 0. The lowest BCUT2D eigenvalue weighted by Gasteiger charge is -2.15. The Morgan fingerprint density at radius 3 is 2.47 bits per heavy atom. The predicted octanol–water partition coefficient (Wildman–Crippen LogP) is 1.39. The zero-order valence-electron chi connectivity index (χ0n) is 11.0. The molecule has 1 atom stereocenters. The molecule has 1 rings (SSSR count). The molecule has 0 aliphatic carbocycles. The maximum Gasteiger partial charge on any atom is 0.351 e. The summed E-state index contributed by atoms with van der Waals surface area (Å²) in [6, 6.07) is 8.60. The van der Waals surface area contributed by atoms with Crippen LogP contribution in [0.4, 0.5) is 0 Å². The largest absolute Gasteiger partial charge is 0.468 e. The number of hydrogen-bond donors (Lipinski definition) is 1. The molecular formula is C14H17NO4. The molecule has 5 nitrogen and oxygen atoms in total. The molecule has 5 heteroatoms. The molecule has 19 heavy (non-hydrogen) atoms. The Bertz CT molecular complexity index is 456. The minimum absolute atomic E-state index is 0.246. The first-order chi connectivity index (χ1) is 9.04. The molecule has 0 bridgehead atoms. The number of rotatable bonds is 6. The summed E-state index contributed by atoms with van der Waals surface area (Å²) in [5.74, 6) is -1.11. The van der Waals surface area contributed by atoms with E-state index in [0.717, 1.165) is 5.56 Å². The molecule has 1 aromatic rings. The number of esters is 1. The van der Waals surface area contributed by atoms with Gasteiger partial charge in [-0.2, -0.15) is 0 Å². The van der Waals surface area contributed by atoms with Crippen LogP contribution in [0.3, 0.4) is 0 Å². The van der Waals surface area contributed by atoms with Gasteiger partial charge in [0.1, 0.15) is 6.04 Å². The van der Waals surface area contributed by atoms with Gasteiger partial charge in [0, 0.05) is 12.0 Å². The van der Waals surface area contributed by atoms with E-state index in [0.29, 0.717) is 6.42 Å². The van der Waals surface area contributed by atoms with E-state index in [1.165, 1.54) is 14.0 Å².